The summed E-state index contributed by atoms with van der Waals surface area (Å²) in [6.45, 7) is 1.81. The van der Waals surface area contributed by atoms with Crippen molar-refractivity contribution in [1.29, 1.82) is 0 Å². The molecule has 128 valence electrons. The van der Waals surface area contributed by atoms with Gasteiger partial charge in [-0.25, -0.2) is 4.79 Å². The number of nitrogens with zero attached hydrogens (tertiary/aromatic N) is 2. The second-order valence-corrected chi connectivity index (χ2v) is 6.14. The number of hydrogen-bond acceptors (Lipinski definition) is 3. The van der Waals surface area contributed by atoms with Crippen LogP contribution in [0, 0.1) is 0 Å². The summed E-state index contributed by atoms with van der Waals surface area (Å²) in [7, 11) is 0. The Balaban J connectivity index is 1.77. The van der Waals surface area contributed by atoms with Gasteiger partial charge in [0.15, 0.2) is 0 Å². The molecule has 7 heteroatoms. The molecule has 3 aromatic rings. The van der Waals surface area contributed by atoms with E-state index in [2.05, 4.69) is 10.4 Å². The number of aromatic nitrogens is 2. The van der Waals surface area contributed by atoms with Gasteiger partial charge < -0.3 is 10.1 Å². The van der Waals surface area contributed by atoms with E-state index in [0.29, 0.717) is 27.2 Å². The molecule has 1 aromatic heterocycles. The Labute approximate surface area is 155 Å². The first-order valence-corrected chi connectivity index (χ1v) is 8.32. The van der Waals surface area contributed by atoms with Crippen LogP contribution in [0.3, 0.4) is 0 Å². The number of hydrogen-bond donors (Lipinski definition) is 1. The molecular weight excluding hydrogens is 361 g/mol. The molecule has 1 heterocycles. The summed E-state index contributed by atoms with van der Waals surface area (Å²) < 4.78 is 7.12. The molecule has 1 amide bonds. The van der Waals surface area contributed by atoms with Gasteiger partial charge in [0.05, 0.1) is 10.7 Å². The lowest BCUT2D eigenvalue weighted by molar-refractivity contribution is 0.212. The number of halogens is 2. The SMILES string of the molecule is CC(Oc1ccc(Cl)cc1Cl)c1ccnn1C(=O)Nc1ccccc1. The summed E-state index contributed by atoms with van der Waals surface area (Å²) in [4.78, 5) is 12.5. The van der Waals surface area contributed by atoms with E-state index in [-0.39, 0.29) is 6.03 Å². The van der Waals surface area contributed by atoms with Crippen molar-refractivity contribution in [2.75, 3.05) is 5.32 Å². The molecule has 3 rings (SSSR count). The maximum absolute atomic E-state index is 12.5. The van der Waals surface area contributed by atoms with Gasteiger partial charge in [0, 0.05) is 16.9 Å². The standard InChI is InChI=1S/C18H15Cl2N3O2/c1-12(25-17-8-7-13(19)11-15(17)20)16-9-10-21-23(16)18(24)22-14-5-3-2-4-6-14/h2-12H,1H3,(H,22,24). The number of rotatable bonds is 4. The summed E-state index contributed by atoms with van der Waals surface area (Å²) in [6, 6.07) is 15.5. The molecule has 2 aromatic carbocycles. The number of carbonyl (C=O) groups excluding carboxylic acids is 1. The molecule has 0 aliphatic heterocycles. The molecule has 0 bridgehead atoms. The average molecular weight is 376 g/mol. The van der Waals surface area contributed by atoms with Crippen molar-refractivity contribution >= 4 is 34.9 Å². The third-order valence-electron chi connectivity index (χ3n) is 3.50. The molecule has 0 aliphatic carbocycles. The normalized spacial score (nSPS) is 11.8. The largest absolute Gasteiger partial charge is 0.483 e. The lowest BCUT2D eigenvalue weighted by atomic mass is 10.2. The monoisotopic (exact) mass is 375 g/mol. The topological polar surface area (TPSA) is 56.2 Å². The predicted octanol–water partition coefficient (Wildman–Crippen LogP) is 5.41. The minimum absolute atomic E-state index is 0.371. The van der Waals surface area contributed by atoms with Crippen LogP contribution >= 0.6 is 23.2 Å². The van der Waals surface area contributed by atoms with E-state index in [9.17, 15) is 4.79 Å². The van der Waals surface area contributed by atoms with Crippen molar-refractivity contribution in [3.05, 3.63) is 76.5 Å². The summed E-state index contributed by atoms with van der Waals surface area (Å²) in [6.07, 6.45) is 1.10. The molecule has 1 N–H and O–H groups in total. The maximum atomic E-state index is 12.5. The Morgan fingerprint density at radius 2 is 1.92 bits per heavy atom. The molecule has 0 radical (unpaired) electrons. The van der Waals surface area contributed by atoms with Crippen molar-refractivity contribution in [2.24, 2.45) is 0 Å². The molecule has 0 saturated carbocycles. The van der Waals surface area contributed by atoms with Gasteiger partial charge in [0.25, 0.3) is 0 Å². The van der Waals surface area contributed by atoms with Crippen LogP contribution in [-0.4, -0.2) is 15.8 Å². The smallest absolute Gasteiger partial charge is 0.346 e. The van der Waals surface area contributed by atoms with E-state index >= 15 is 0 Å². The zero-order valence-corrected chi connectivity index (χ0v) is 14.8. The molecule has 0 aliphatic rings. The summed E-state index contributed by atoms with van der Waals surface area (Å²) in [5, 5.41) is 7.79. The molecule has 0 spiro atoms. The highest BCUT2D eigenvalue weighted by Gasteiger charge is 2.18. The number of carbonyl (C=O) groups is 1. The van der Waals surface area contributed by atoms with Crippen molar-refractivity contribution in [1.82, 2.24) is 9.78 Å². The van der Waals surface area contributed by atoms with E-state index in [4.69, 9.17) is 27.9 Å². The van der Waals surface area contributed by atoms with E-state index in [1.807, 2.05) is 25.1 Å². The van der Waals surface area contributed by atoms with Crippen molar-refractivity contribution in [3.8, 4) is 5.75 Å². The van der Waals surface area contributed by atoms with Gasteiger partial charge in [-0.1, -0.05) is 41.4 Å². The molecule has 5 nitrogen and oxygen atoms in total. The summed E-state index contributed by atoms with van der Waals surface area (Å²) in [5.41, 5.74) is 1.28. The van der Waals surface area contributed by atoms with Crippen LogP contribution in [-0.2, 0) is 0 Å². The number of ether oxygens (including phenoxy) is 1. The van der Waals surface area contributed by atoms with Crippen molar-refractivity contribution < 1.29 is 9.53 Å². The number of amides is 1. The molecule has 1 atom stereocenters. The first kappa shape index (κ1) is 17.3. The van der Waals surface area contributed by atoms with Gasteiger partial charge in [-0.2, -0.15) is 9.78 Å². The third kappa shape index (κ3) is 4.13. The highest BCUT2D eigenvalue weighted by molar-refractivity contribution is 6.35. The highest BCUT2D eigenvalue weighted by Crippen LogP contribution is 2.31. The Bertz CT molecular complexity index is 881. The van der Waals surface area contributed by atoms with Crippen LogP contribution < -0.4 is 10.1 Å². The zero-order valence-electron chi connectivity index (χ0n) is 13.3. The molecule has 25 heavy (non-hydrogen) atoms. The summed E-state index contributed by atoms with van der Waals surface area (Å²) >= 11 is 12.0. The van der Waals surface area contributed by atoms with Crippen LogP contribution in [0.25, 0.3) is 0 Å². The highest BCUT2D eigenvalue weighted by atomic mass is 35.5. The predicted molar refractivity (Wildman–Crippen MR) is 98.6 cm³/mol. The minimum Gasteiger partial charge on any atom is -0.483 e. The molecule has 0 fully saturated rings. The van der Waals surface area contributed by atoms with E-state index in [1.165, 1.54) is 4.68 Å². The molecule has 1 unspecified atom stereocenters. The van der Waals surface area contributed by atoms with Gasteiger partial charge in [0.2, 0.25) is 0 Å². The van der Waals surface area contributed by atoms with Gasteiger partial charge in [-0.3, -0.25) is 0 Å². The van der Waals surface area contributed by atoms with Gasteiger partial charge in [0.1, 0.15) is 11.9 Å². The van der Waals surface area contributed by atoms with Gasteiger partial charge in [-0.15, -0.1) is 0 Å². The van der Waals surface area contributed by atoms with E-state index < -0.39 is 6.10 Å². The number of nitrogens with one attached hydrogen (secondary N) is 1. The third-order valence-corrected chi connectivity index (χ3v) is 4.03. The lowest BCUT2D eigenvalue weighted by Gasteiger charge is -2.17. The maximum Gasteiger partial charge on any atom is 0.346 e. The van der Waals surface area contributed by atoms with Crippen LogP contribution in [0.5, 0.6) is 5.75 Å². The fraction of sp³-hybridized carbons (Fsp3) is 0.111. The number of anilines is 1. The van der Waals surface area contributed by atoms with Crippen molar-refractivity contribution in [3.63, 3.8) is 0 Å². The average Bonchev–Trinajstić information content (AvgIpc) is 3.08. The zero-order chi connectivity index (χ0) is 17.8. The number of para-hydroxylation sites is 1. The Kier molecular flexibility index (Phi) is 5.26. The quantitative estimate of drug-likeness (QED) is 0.662. The molecule has 0 saturated heterocycles. The van der Waals surface area contributed by atoms with Crippen LogP contribution in [0.15, 0.2) is 60.8 Å². The number of benzene rings is 2. The second-order valence-electron chi connectivity index (χ2n) is 5.30. The van der Waals surface area contributed by atoms with Gasteiger partial charge in [-0.05, 0) is 43.3 Å². The lowest BCUT2D eigenvalue weighted by Crippen LogP contribution is -2.24. The van der Waals surface area contributed by atoms with E-state index in [0.717, 1.165) is 0 Å². The van der Waals surface area contributed by atoms with Crippen molar-refractivity contribution in [2.45, 2.75) is 13.0 Å². The first-order valence-electron chi connectivity index (χ1n) is 7.56. The first-order chi connectivity index (χ1) is 12.0. The Morgan fingerprint density at radius 1 is 1.16 bits per heavy atom. The summed E-state index contributed by atoms with van der Waals surface area (Å²) in [5.74, 6) is 0.481. The van der Waals surface area contributed by atoms with Crippen LogP contribution in [0.2, 0.25) is 10.0 Å². The molecular formula is C18H15Cl2N3O2. The fourth-order valence-corrected chi connectivity index (χ4v) is 2.76. The van der Waals surface area contributed by atoms with Gasteiger partial charge >= 0.3 is 6.03 Å². The minimum atomic E-state index is -0.442. The second kappa shape index (κ2) is 7.59. The van der Waals surface area contributed by atoms with Crippen LogP contribution in [0.1, 0.15) is 18.7 Å². The van der Waals surface area contributed by atoms with E-state index in [1.54, 1.807) is 42.6 Å². The van der Waals surface area contributed by atoms with Crippen LogP contribution in [0.4, 0.5) is 10.5 Å². The Hall–Kier alpha value is -2.50. The Morgan fingerprint density at radius 3 is 2.64 bits per heavy atom. The fourth-order valence-electron chi connectivity index (χ4n) is 2.31.